The number of nitrogens with zero attached hydrogens (tertiary/aromatic N) is 3. The van der Waals surface area contributed by atoms with E-state index in [1.807, 2.05) is 11.5 Å². The summed E-state index contributed by atoms with van der Waals surface area (Å²) in [6.45, 7) is 3.83. The zero-order valence-corrected chi connectivity index (χ0v) is 12.7. The molecular formula is C14H16FN3O2S. The first kappa shape index (κ1) is 15.5. The van der Waals surface area contributed by atoms with Crippen LogP contribution < -0.4 is 0 Å². The first-order valence-corrected chi connectivity index (χ1v) is 7.57. The molecule has 0 bridgehead atoms. The topological polar surface area (TPSA) is 68.0 Å². The van der Waals surface area contributed by atoms with Gasteiger partial charge in [0.15, 0.2) is 5.16 Å². The quantitative estimate of drug-likeness (QED) is 0.831. The second kappa shape index (κ2) is 6.71. The lowest BCUT2D eigenvalue weighted by atomic mass is 10.2. The van der Waals surface area contributed by atoms with Gasteiger partial charge in [-0.15, -0.1) is 10.2 Å². The van der Waals surface area contributed by atoms with Crippen LogP contribution in [0.1, 0.15) is 24.7 Å². The lowest BCUT2D eigenvalue weighted by Crippen LogP contribution is -2.06. The summed E-state index contributed by atoms with van der Waals surface area (Å²) in [7, 11) is 0. The van der Waals surface area contributed by atoms with Crippen LogP contribution in [0.2, 0.25) is 0 Å². The molecule has 7 heteroatoms. The lowest BCUT2D eigenvalue weighted by molar-refractivity contribution is -0.133. The summed E-state index contributed by atoms with van der Waals surface area (Å²) in [5.41, 5.74) is 1.53. The van der Waals surface area contributed by atoms with E-state index in [0.29, 0.717) is 5.16 Å². The average molecular weight is 309 g/mol. The highest BCUT2D eigenvalue weighted by Gasteiger charge is 2.16. The Balaban J connectivity index is 2.47. The number of carbonyl (C=O) groups is 1. The number of aliphatic carboxylic acids is 1. The molecule has 1 aromatic carbocycles. The Morgan fingerprint density at radius 3 is 2.81 bits per heavy atom. The number of rotatable bonds is 6. The van der Waals surface area contributed by atoms with Gasteiger partial charge in [-0.05, 0) is 37.1 Å². The Labute approximate surface area is 126 Å². The van der Waals surface area contributed by atoms with Crippen molar-refractivity contribution in [2.75, 3.05) is 5.75 Å². The summed E-state index contributed by atoms with van der Waals surface area (Å²) in [5, 5.41) is 17.5. The molecule has 0 unspecified atom stereocenters. The van der Waals surface area contributed by atoms with Crippen molar-refractivity contribution >= 4 is 17.7 Å². The van der Waals surface area contributed by atoms with Crippen LogP contribution in [0.5, 0.6) is 0 Å². The summed E-state index contributed by atoms with van der Waals surface area (Å²) >= 11 is 1.11. The molecule has 0 saturated carbocycles. The smallest absolute Gasteiger partial charge is 0.313 e. The fraction of sp³-hybridized carbons (Fsp3) is 0.357. The molecule has 5 nitrogen and oxygen atoms in total. The normalized spacial score (nSPS) is 10.8. The van der Waals surface area contributed by atoms with E-state index in [-0.39, 0.29) is 11.6 Å². The van der Waals surface area contributed by atoms with Gasteiger partial charge in [-0.2, -0.15) is 0 Å². The Kier molecular flexibility index (Phi) is 4.95. The van der Waals surface area contributed by atoms with Gasteiger partial charge >= 0.3 is 5.97 Å². The highest BCUT2D eigenvalue weighted by atomic mass is 32.2. The molecule has 0 saturated heterocycles. The van der Waals surface area contributed by atoms with Gasteiger partial charge in [0, 0.05) is 6.42 Å². The Morgan fingerprint density at radius 2 is 2.19 bits per heavy atom. The van der Waals surface area contributed by atoms with E-state index in [1.165, 1.54) is 12.1 Å². The van der Waals surface area contributed by atoms with Crippen LogP contribution in [0.15, 0.2) is 23.4 Å². The van der Waals surface area contributed by atoms with Crippen molar-refractivity contribution in [2.24, 2.45) is 0 Å². The third-order valence-electron chi connectivity index (χ3n) is 2.90. The summed E-state index contributed by atoms with van der Waals surface area (Å²) in [5.74, 6) is -0.562. The molecule has 0 radical (unpaired) electrons. The van der Waals surface area contributed by atoms with Gasteiger partial charge in [-0.3, -0.25) is 9.36 Å². The minimum absolute atomic E-state index is 0.0928. The zero-order chi connectivity index (χ0) is 15.4. The van der Waals surface area contributed by atoms with Crippen molar-refractivity contribution in [3.63, 3.8) is 0 Å². The second-order valence-electron chi connectivity index (χ2n) is 4.60. The number of aromatic nitrogens is 3. The number of carboxylic acid groups (broad SMARTS) is 1. The maximum absolute atomic E-state index is 13.3. The summed E-state index contributed by atoms with van der Waals surface area (Å²) < 4.78 is 15.1. The second-order valence-corrected chi connectivity index (χ2v) is 5.54. The molecule has 0 atom stereocenters. The van der Waals surface area contributed by atoms with Crippen molar-refractivity contribution in [1.82, 2.24) is 14.8 Å². The number of thioether (sulfide) groups is 1. The van der Waals surface area contributed by atoms with Crippen molar-refractivity contribution in [3.8, 4) is 5.69 Å². The molecule has 0 fully saturated rings. The fourth-order valence-corrected chi connectivity index (χ4v) is 2.70. The first-order valence-electron chi connectivity index (χ1n) is 6.58. The molecule has 1 aromatic heterocycles. The van der Waals surface area contributed by atoms with Gasteiger partial charge in [0.25, 0.3) is 0 Å². The molecule has 2 rings (SSSR count). The zero-order valence-electron chi connectivity index (χ0n) is 11.8. The Morgan fingerprint density at radius 1 is 1.43 bits per heavy atom. The maximum Gasteiger partial charge on any atom is 0.313 e. The van der Waals surface area contributed by atoms with Crippen LogP contribution in [0.25, 0.3) is 5.69 Å². The van der Waals surface area contributed by atoms with Crippen LogP contribution in [0, 0.1) is 12.7 Å². The molecule has 112 valence electrons. The Bertz CT molecular complexity index is 658. The number of hydrogen-bond donors (Lipinski definition) is 1. The van der Waals surface area contributed by atoms with Gasteiger partial charge in [0.05, 0.1) is 11.4 Å². The van der Waals surface area contributed by atoms with E-state index in [0.717, 1.165) is 41.7 Å². The van der Waals surface area contributed by atoms with Crippen molar-refractivity contribution in [1.29, 1.82) is 0 Å². The summed E-state index contributed by atoms with van der Waals surface area (Å²) in [6, 6.07) is 4.48. The maximum atomic E-state index is 13.3. The summed E-state index contributed by atoms with van der Waals surface area (Å²) in [4.78, 5) is 10.7. The van der Waals surface area contributed by atoms with Crippen molar-refractivity contribution < 1.29 is 14.3 Å². The van der Waals surface area contributed by atoms with E-state index in [1.54, 1.807) is 13.0 Å². The van der Waals surface area contributed by atoms with Crippen LogP contribution in [0.4, 0.5) is 4.39 Å². The highest BCUT2D eigenvalue weighted by molar-refractivity contribution is 7.99. The standard InChI is InChI=1S/C14H16FN3O2S/c1-3-4-12-16-17-14(21-8-13(19)20)18(12)11-6-5-10(15)7-9(11)2/h5-7H,3-4,8H2,1-2H3,(H,19,20). The van der Waals surface area contributed by atoms with E-state index in [9.17, 15) is 9.18 Å². The van der Waals surface area contributed by atoms with Crippen LogP contribution >= 0.6 is 11.8 Å². The summed E-state index contributed by atoms with van der Waals surface area (Å²) in [6.07, 6.45) is 1.61. The van der Waals surface area contributed by atoms with Gasteiger partial charge in [0.2, 0.25) is 0 Å². The molecule has 0 aliphatic rings. The minimum Gasteiger partial charge on any atom is -0.481 e. The Hall–Kier alpha value is -1.89. The van der Waals surface area contributed by atoms with Gasteiger partial charge in [-0.1, -0.05) is 18.7 Å². The highest BCUT2D eigenvalue weighted by Crippen LogP contribution is 2.25. The third kappa shape index (κ3) is 3.60. The first-order chi connectivity index (χ1) is 10.0. The minimum atomic E-state index is -0.914. The third-order valence-corrected chi connectivity index (χ3v) is 3.81. The molecule has 2 aromatic rings. The predicted molar refractivity (Wildman–Crippen MR) is 78.4 cm³/mol. The molecular weight excluding hydrogens is 293 g/mol. The number of hydrogen-bond acceptors (Lipinski definition) is 4. The molecule has 1 heterocycles. The van der Waals surface area contributed by atoms with Crippen LogP contribution in [-0.2, 0) is 11.2 Å². The van der Waals surface area contributed by atoms with Gasteiger partial charge in [0.1, 0.15) is 11.6 Å². The van der Waals surface area contributed by atoms with Gasteiger partial charge < -0.3 is 5.11 Å². The molecule has 0 amide bonds. The van der Waals surface area contributed by atoms with Crippen molar-refractivity contribution in [3.05, 3.63) is 35.4 Å². The van der Waals surface area contributed by atoms with E-state index < -0.39 is 5.97 Å². The number of benzene rings is 1. The number of aryl methyl sites for hydroxylation is 2. The predicted octanol–water partition coefficient (Wildman–Crippen LogP) is 2.84. The molecule has 0 aliphatic heterocycles. The largest absolute Gasteiger partial charge is 0.481 e. The molecule has 0 spiro atoms. The molecule has 21 heavy (non-hydrogen) atoms. The number of carboxylic acids is 1. The van der Waals surface area contributed by atoms with E-state index in [2.05, 4.69) is 10.2 Å². The van der Waals surface area contributed by atoms with Gasteiger partial charge in [-0.25, -0.2) is 4.39 Å². The fourth-order valence-electron chi connectivity index (χ4n) is 2.02. The van der Waals surface area contributed by atoms with E-state index >= 15 is 0 Å². The monoisotopic (exact) mass is 309 g/mol. The van der Waals surface area contributed by atoms with E-state index in [4.69, 9.17) is 5.11 Å². The number of halogens is 1. The van der Waals surface area contributed by atoms with Crippen molar-refractivity contribution in [2.45, 2.75) is 31.8 Å². The van der Waals surface area contributed by atoms with Crippen LogP contribution in [0.3, 0.4) is 0 Å². The van der Waals surface area contributed by atoms with Crippen LogP contribution in [-0.4, -0.2) is 31.6 Å². The lowest BCUT2D eigenvalue weighted by Gasteiger charge is -2.12. The SMILES string of the molecule is CCCc1nnc(SCC(=O)O)n1-c1ccc(F)cc1C. The average Bonchev–Trinajstić information content (AvgIpc) is 2.80. The molecule has 1 N–H and O–H groups in total. The molecule has 0 aliphatic carbocycles.